The Balaban J connectivity index is 0.747. The lowest BCUT2D eigenvalue weighted by molar-refractivity contribution is -0.136. The average molecular weight is 832 g/mol. The van der Waals surface area contributed by atoms with Crippen molar-refractivity contribution in [3.63, 3.8) is 0 Å². The third-order valence-electron chi connectivity index (χ3n) is 12.5. The van der Waals surface area contributed by atoms with E-state index >= 15 is 0 Å². The number of phenolic OH excluding ortho intramolecular Hbond substituents is 1. The summed E-state index contributed by atoms with van der Waals surface area (Å²) in [7, 11) is 0. The van der Waals surface area contributed by atoms with Crippen LogP contribution in [0.2, 0.25) is 0 Å². The van der Waals surface area contributed by atoms with E-state index in [0.29, 0.717) is 55.5 Å². The average Bonchev–Trinajstić information content (AvgIpc) is 3.48. The zero-order valence-corrected chi connectivity index (χ0v) is 34.1. The number of nitrogens with one attached hydrogen (secondary N) is 1. The summed E-state index contributed by atoms with van der Waals surface area (Å²) in [6, 6.07) is 19.2. The zero-order chi connectivity index (χ0) is 42.8. The Morgan fingerprint density at radius 3 is 2.28 bits per heavy atom. The predicted octanol–water partition coefficient (Wildman–Crippen LogP) is 2.28. The molecule has 0 radical (unpaired) electrons. The Hall–Kier alpha value is -6.55. The van der Waals surface area contributed by atoms with Crippen molar-refractivity contribution in [3.05, 3.63) is 107 Å². The standard InChI is InChI=1S/C45H53N9O7/c46-36(34-6-1-2-7-39(34)55)24-38(42(47)48)53-26-32(27-53)61-31-5-3-4-29(22-31)25-50-18-20-52(21-19-50)41(57)13-8-28-14-16-51(17-15-28)30-9-10-33-35(23-30)45(60)54(44(33)59)37-11-12-40(56)49-43(37)58/h1-7,9-10,22-24,28,32,37,55H,8,11-21,25-27,46-48H2,(H,49,56,58)/b36-24-. The second-order valence-electron chi connectivity index (χ2n) is 16.6. The van der Waals surface area contributed by atoms with Crippen LogP contribution in [0.25, 0.3) is 5.70 Å². The van der Waals surface area contributed by atoms with E-state index in [4.69, 9.17) is 21.9 Å². The summed E-state index contributed by atoms with van der Waals surface area (Å²) in [6.07, 6.45) is 5.01. The highest BCUT2D eigenvalue weighted by atomic mass is 16.5. The lowest BCUT2D eigenvalue weighted by Gasteiger charge is -2.41. The number of para-hydroxylation sites is 1. The number of imide groups is 2. The molecule has 3 aromatic rings. The first-order valence-corrected chi connectivity index (χ1v) is 21.0. The molecule has 0 saturated carbocycles. The Morgan fingerprint density at radius 2 is 1.56 bits per heavy atom. The van der Waals surface area contributed by atoms with E-state index in [1.165, 1.54) is 0 Å². The van der Waals surface area contributed by atoms with Crippen molar-refractivity contribution < 1.29 is 33.8 Å². The van der Waals surface area contributed by atoms with Crippen molar-refractivity contribution in [2.45, 2.75) is 57.2 Å². The molecule has 1 atom stereocenters. The minimum Gasteiger partial charge on any atom is -0.507 e. The van der Waals surface area contributed by atoms with Gasteiger partial charge in [0.15, 0.2) is 0 Å². The molecule has 5 aliphatic rings. The molecular formula is C45H53N9O7. The number of nitrogens with zero attached hydrogens (tertiary/aromatic N) is 5. The summed E-state index contributed by atoms with van der Waals surface area (Å²) >= 11 is 0. The van der Waals surface area contributed by atoms with E-state index in [1.807, 2.05) is 28.0 Å². The van der Waals surface area contributed by atoms with Gasteiger partial charge in [-0.1, -0.05) is 24.3 Å². The highest BCUT2D eigenvalue weighted by Gasteiger charge is 2.45. The number of ether oxygens (including phenoxy) is 1. The van der Waals surface area contributed by atoms with Gasteiger partial charge in [0, 0.05) is 75.6 Å². The number of hydrogen-bond acceptors (Lipinski definition) is 13. The summed E-state index contributed by atoms with van der Waals surface area (Å²) in [6.45, 7) is 6.43. The van der Waals surface area contributed by atoms with Gasteiger partial charge >= 0.3 is 0 Å². The number of fused-ring (bicyclic) bond motifs is 1. The smallest absolute Gasteiger partial charge is 0.262 e. The van der Waals surface area contributed by atoms with E-state index in [1.54, 1.807) is 42.5 Å². The number of rotatable bonds is 12. The van der Waals surface area contributed by atoms with E-state index in [2.05, 4.69) is 27.2 Å². The van der Waals surface area contributed by atoms with E-state index in [0.717, 1.165) is 73.9 Å². The molecule has 0 bridgehead atoms. The Morgan fingerprint density at radius 1 is 0.820 bits per heavy atom. The van der Waals surface area contributed by atoms with Gasteiger partial charge in [-0.25, -0.2) is 0 Å². The monoisotopic (exact) mass is 831 g/mol. The number of anilines is 1. The van der Waals surface area contributed by atoms with Gasteiger partial charge in [-0.05, 0) is 85.7 Å². The first-order valence-electron chi connectivity index (χ1n) is 21.0. The van der Waals surface area contributed by atoms with Crippen LogP contribution in [0, 0.1) is 5.92 Å². The van der Waals surface area contributed by atoms with Crippen LogP contribution in [0.4, 0.5) is 5.69 Å². The van der Waals surface area contributed by atoms with Crippen LogP contribution >= 0.6 is 0 Å². The van der Waals surface area contributed by atoms with Crippen molar-refractivity contribution in [1.29, 1.82) is 0 Å². The van der Waals surface area contributed by atoms with E-state index in [-0.39, 0.29) is 47.6 Å². The van der Waals surface area contributed by atoms with Crippen molar-refractivity contribution in [2.24, 2.45) is 23.1 Å². The summed E-state index contributed by atoms with van der Waals surface area (Å²) in [4.78, 5) is 73.3. The van der Waals surface area contributed by atoms with Crippen LogP contribution in [-0.2, 0) is 20.9 Å². The fraction of sp³-hybridized carbons (Fsp3) is 0.400. The highest BCUT2D eigenvalue weighted by molar-refractivity contribution is 6.23. The number of aromatic hydroxyl groups is 1. The molecule has 5 heterocycles. The normalized spacial score (nSPS) is 20.4. The van der Waals surface area contributed by atoms with Crippen molar-refractivity contribution >= 4 is 40.9 Å². The number of likely N-dealkylation sites (tertiary alicyclic amines) is 1. The molecule has 4 saturated heterocycles. The van der Waals surface area contributed by atoms with Gasteiger partial charge in [-0.3, -0.25) is 39.1 Å². The van der Waals surface area contributed by atoms with Gasteiger partial charge in [0.1, 0.15) is 29.5 Å². The number of nitrogens with two attached hydrogens (primary N) is 3. The maximum atomic E-state index is 13.3. The molecule has 4 fully saturated rings. The van der Waals surface area contributed by atoms with Gasteiger partial charge in [-0.2, -0.15) is 0 Å². The van der Waals surface area contributed by atoms with Crippen LogP contribution in [0.15, 0.2) is 84.3 Å². The first kappa shape index (κ1) is 41.2. The number of piperidine rings is 2. The highest BCUT2D eigenvalue weighted by Crippen LogP contribution is 2.33. The fourth-order valence-corrected chi connectivity index (χ4v) is 8.95. The molecule has 61 heavy (non-hydrogen) atoms. The topological polar surface area (TPSA) is 221 Å². The van der Waals surface area contributed by atoms with Crippen molar-refractivity contribution in [1.82, 2.24) is 24.9 Å². The Kier molecular flexibility index (Phi) is 11.9. The molecule has 0 aromatic heterocycles. The molecular weight excluding hydrogens is 779 g/mol. The van der Waals surface area contributed by atoms with Gasteiger partial charge in [-0.15, -0.1) is 0 Å². The van der Waals surface area contributed by atoms with E-state index < -0.39 is 29.7 Å². The summed E-state index contributed by atoms with van der Waals surface area (Å²) in [5, 5.41) is 12.4. The van der Waals surface area contributed by atoms with Crippen LogP contribution < -0.4 is 32.2 Å². The molecule has 0 spiro atoms. The molecule has 8 N–H and O–H groups in total. The quantitative estimate of drug-likeness (QED) is 0.131. The molecule has 16 heteroatoms. The number of piperazine rings is 1. The van der Waals surface area contributed by atoms with E-state index in [9.17, 15) is 29.1 Å². The number of phenols is 1. The third kappa shape index (κ3) is 8.99. The zero-order valence-electron chi connectivity index (χ0n) is 34.1. The fourth-order valence-electron chi connectivity index (χ4n) is 8.95. The second-order valence-corrected chi connectivity index (χ2v) is 16.6. The molecule has 1 unspecified atom stereocenters. The molecule has 320 valence electrons. The van der Waals surface area contributed by atoms with Gasteiger partial charge in [0.25, 0.3) is 11.8 Å². The molecule has 0 aliphatic carbocycles. The first-order chi connectivity index (χ1) is 29.4. The predicted molar refractivity (Wildman–Crippen MR) is 227 cm³/mol. The number of benzene rings is 3. The third-order valence-corrected chi connectivity index (χ3v) is 12.5. The molecule has 5 amide bonds. The molecule has 16 nitrogen and oxygen atoms in total. The molecule has 8 rings (SSSR count). The number of carbonyl (C=O) groups excluding carboxylic acids is 5. The van der Waals surface area contributed by atoms with Crippen LogP contribution in [0.3, 0.4) is 0 Å². The minimum absolute atomic E-state index is 0.0576. The summed E-state index contributed by atoms with van der Waals surface area (Å²) in [5.74, 6) is -0.423. The van der Waals surface area contributed by atoms with Gasteiger partial charge < -0.3 is 41.7 Å². The van der Waals surface area contributed by atoms with Gasteiger partial charge in [0.2, 0.25) is 17.7 Å². The van der Waals surface area contributed by atoms with Gasteiger partial charge in [0.05, 0.1) is 29.9 Å². The maximum absolute atomic E-state index is 13.3. The second kappa shape index (κ2) is 17.6. The van der Waals surface area contributed by atoms with Crippen molar-refractivity contribution in [3.8, 4) is 11.5 Å². The minimum atomic E-state index is -0.989. The molecule has 3 aromatic carbocycles. The maximum Gasteiger partial charge on any atom is 0.262 e. The number of amides is 5. The van der Waals surface area contributed by atoms with Crippen LogP contribution in [0.5, 0.6) is 11.5 Å². The SMILES string of the molecule is NC(N)=C(/C=C(\N)c1ccccc1O)N1CC(Oc2cccc(CN3CCN(C(=O)CCC4CCN(c5ccc6c(c5)C(=O)N(C5CCC(=O)NC5=O)C6=O)CC4)CC3)c2)C1. The molecule has 5 aliphatic heterocycles. The number of allylic oxidation sites excluding steroid dienone is 1. The largest absolute Gasteiger partial charge is 0.507 e. The van der Waals surface area contributed by atoms with Crippen LogP contribution in [-0.4, -0.2) is 119 Å². The van der Waals surface area contributed by atoms with Crippen LogP contribution in [0.1, 0.15) is 70.4 Å². The lowest BCUT2D eigenvalue weighted by atomic mass is 9.91. The van der Waals surface area contributed by atoms with Crippen molar-refractivity contribution in [2.75, 3.05) is 57.3 Å². The number of carbonyl (C=O) groups is 5. The summed E-state index contributed by atoms with van der Waals surface area (Å²) < 4.78 is 6.30. The Labute approximate surface area is 354 Å². The number of hydrogen-bond donors (Lipinski definition) is 5. The summed E-state index contributed by atoms with van der Waals surface area (Å²) in [5.41, 5.74) is 22.3. The Bertz CT molecular complexity index is 2270. The lowest BCUT2D eigenvalue weighted by Crippen LogP contribution is -2.54.